The topological polar surface area (TPSA) is 107 Å². The van der Waals surface area contributed by atoms with E-state index in [0.717, 1.165) is 4.31 Å². The van der Waals surface area contributed by atoms with Crippen molar-refractivity contribution in [3.8, 4) is 5.75 Å². The van der Waals surface area contributed by atoms with Gasteiger partial charge in [-0.15, -0.1) is 0 Å². The number of nitrogens with zero attached hydrogens (tertiary/aromatic N) is 2. The van der Waals surface area contributed by atoms with Crippen molar-refractivity contribution in [3.05, 3.63) is 64.2 Å². The van der Waals surface area contributed by atoms with Crippen LogP contribution in [0.25, 0.3) is 0 Å². The van der Waals surface area contributed by atoms with Crippen molar-refractivity contribution in [1.82, 2.24) is 4.31 Å². The van der Waals surface area contributed by atoms with Crippen LogP contribution in [0.4, 0.5) is 5.69 Å². The third-order valence-corrected chi connectivity index (χ3v) is 5.36. The summed E-state index contributed by atoms with van der Waals surface area (Å²) in [5, 5.41) is 10.6. The SMILES string of the molecule is O=C1c2ccccc2S(=O)(=O)N1CCOc1ccc([N+](=O)[O-])cc1. The summed E-state index contributed by atoms with van der Waals surface area (Å²) in [6.07, 6.45) is 0. The third kappa shape index (κ3) is 2.69. The molecule has 0 aliphatic carbocycles. The second-order valence-electron chi connectivity index (χ2n) is 4.98. The molecule has 8 nitrogen and oxygen atoms in total. The lowest BCUT2D eigenvalue weighted by atomic mass is 10.2. The van der Waals surface area contributed by atoms with Crippen molar-refractivity contribution in [2.24, 2.45) is 0 Å². The number of benzene rings is 2. The van der Waals surface area contributed by atoms with Crippen molar-refractivity contribution in [2.75, 3.05) is 13.2 Å². The standard InChI is InChI=1S/C15H12N2O6S/c18-15-13-3-1-2-4-14(13)24(21,22)16(15)9-10-23-12-7-5-11(6-8-12)17(19)20/h1-8H,9-10H2. The lowest BCUT2D eigenvalue weighted by molar-refractivity contribution is -0.384. The van der Waals surface area contributed by atoms with Gasteiger partial charge in [0.1, 0.15) is 17.3 Å². The lowest BCUT2D eigenvalue weighted by Crippen LogP contribution is -2.33. The summed E-state index contributed by atoms with van der Waals surface area (Å²) >= 11 is 0. The van der Waals surface area contributed by atoms with Gasteiger partial charge in [-0.3, -0.25) is 14.9 Å². The van der Waals surface area contributed by atoms with Gasteiger partial charge in [0.15, 0.2) is 0 Å². The van der Waals surface area contributed by atoms with Crippen LogP contribution >= 0.6 is 0 Å². The summed E-state index contributed by atoms with van der Waals surface area (Å²) in [5.74, 6) is -0.236. The number of carbonyl (C=O) groups excluding carboxylic acids is 1. The molecule has 124 valence electrons. The largest absolute Gasteiger partial charge is 0.492 e. The second-order valence-corrected chi connectivity index (χ2v) is 6.81. The maximum Gasteiger partial charge on any atom is 0.269 e. The number of ether oxygens (including phenoxy) is 1. The van der Waals surface area contributed by atoms with Crippen LogP contribution in [0.1, 0.15) is 10.4 Å². The van der Waals surface area contributed by atoms with Crippen molar-refractivity contribution in [3.63, 3.8) is 0 Å². The minimum atomic E-state index is -3.85. The van der Waals surface area contributed by atoms with Gasteiger partial charge in [-0.1, -0.05) is 12.1 Å². The normalized spacial score (nSPS) is 15.2. The van der Waals surface area contributed by atoms with E-state index >= 15 is 0 Å². The molecule has 2 aromatic carbocycles. The number of non-ortho nitro benzene ring substituents is 1. The summed E-state index contributed by atoms with van der Waals surface area (Å²) in [5.41, 5.74) is 0.0722. The molecule has 0 fully saturated rings. The van der Waals surface area contributed by atoms with Crippen LogP contribution in [0, 0.1) is 10.1 Å². The van der Waals surface area contributed by atoms with Gasteiger partial charge < -0.3 is 4.74 Å². The van der Waals surface area contributed by atoms with Gasteiger partial charge in [-0.25, -0.2) is 12.7 Å². The van der Waals surface area contributed by atoms with Crippen LogP contribution < -0.4 is 4.74 Å². The van der Waals surface area contributed by atoms with Crippen LogP contribution in [-0.2, 0) is 10.0 Å². The third-order valence-electron chi connectivity index (χ3n) is 3.52. The highest BCUT2D eigenvalue weighted by Crippen LogP contribution is 2.29. The summed E-state index contributed by atoms with van der Waals surface area (Å²) in [6.45, 7) is -0.205. The average molecular weight is 348 g/mol. The molecule has 0 spiro atoms. The molecule has 0 radical (unpaired) electrons. The number of fused-ring (bicyclic) bond motifs is 1. The lowest BCUT2D eigenvalue weighted by Gasteiger charge is -2.15. The van der Waals surface area contributed by atoms with E-state index < -0.39 is 20.9 Å². The highest BCUT2D eigenvalue weighted by molar-refractivity contribution is 7.90. The molecular weight excluding hydrogens is 336 g/mol. The van der Waals surface area contributed by atoms with Crippen LogP contribution in [0.3, 0.4) is 0 Å². The van der Waals surface area contributed by atoms with E-state index in [0.29, 0.717) is 5.75 Å². The maximum atomic E-state index is 12.3. The molecular formula is C15H12N2O6S. The fourth-order valence-electron chi connectivity index (χ4n) is 2.36. The summed E-state index contributed by atoms with van der Waals surface area (Å²) < 4.78 is 30.8. The van der Waals surface area contributed by atoms with Gasteiger partial charge in [0.2, 0.25) is 0 Å². The molecule has 0 bridgehead atoms. The minimum Gasteiger partial charge on any atom is -0.492 e. The summed E-state index contributed by atoms with van der Waals surface area (Å²) in [4.78, 5) is 22.2. The number of sulfonamides is 1. The van der Waals surface area contributed by atoms with Gasteiger partial charge in [-0.2, -0.15) is 0 Å². The van der Waals surface area contributed by atoms with Gasteiger partial charge in [-0.05, 0) is 24.3 Å². The molecule has 1 amide bonds. The summed E-state index contributed by atoms with van der Waals surface area (Å²) in [6, 6.07) is 11.4. The first-order valence-electron chi connectivity index (χ1n) is 6.94. The quantitative estimate of drug-likeness (QED) is 0.602. The van der Waals surface area contributed by atoms with E-state index in [4.69, 9.17) is 4.74 Å². The molecule has 1 aliphatic rings. The van der Waals surface area contributed by atoms with Crippen molar-refractivity contribution < 1.29 is 22.9 Å². The molecule has 0 unspecified atom stereocenters. The van der Waals surface area contributed by atoms with E-state index in [9.17, 15) is 23.3 Å². The number of nitro groups is 1. The smallest absolute Gasteiger partial charge is 0.269 e. The molecule has 0 aromatic heterocycles. The molecule has 1 aliphatic heterocycles. The van der Waals surface area contributed by atoms with Gasteiger partial charge in [0.05, 0.1) is 17.0 Å². The first-order valence-corrected chi connectivity index (χ1v) is 8.38. The molecule has 24 heavy (non-hydrogen) atoms. The average Bonchev–Trinajstić information content (AvgIpc) is 2.76. The molecule has 0 atom stereocenters. The first kappa shape index (κ1) is 15.9. The molecule has 0 saturated heterocycles. The summed E-state index contributed by atoms with van der Waals surface area (Å²) in [7, 11) is -3.85. The maximum absolute atomic E-state index is 12.3. The first-order chi connectivity index (χ1) is 11.4. The molecule has 9 heteroatoms. The van der Waals surface area contributed by atoms with E-state index in [1.165, 1.54) is 36.4 Å². The predicted molar refractivity (Wildman–Crippen MR) is 83.3 cm³/mol. The van der Waals surface area contributed by atoms with Crippen LogP contribution in [0.15, 0.2) is 53.4 Å². The predicted octanol–water partition coefficient (Wildman–Crippen LogP) is 1.82. The Kier molecular flexibility index (Phi) is 3.94. The Labute approximate surface area is 137 Å². The highest BCUT2D eigenvalue weighted by atomic mass is 32.2. The molecule has 3 rings (SSSR count). The monoisotopic (exact) mass is 348 g/mol. The zero-order valence-electron chi connectivity index (χ0n) is 12.3. The van der Waals surface area contributed by atoms with Gasteiger partial charge in [0, 0.05) is 12.1 Å². The van der Waals surface area contributed by atoms with Crippen molar-refractivity contribution in [2.45, 2.75) is 4.90 Å². The zero-order valence-corrected chi connectivity index (χ0v) is 13.1. The fraction of sp³-hybridized carbons (Fsp3) is 0.133. The number of nitro benzene ring substituents is 1. The molecule has 2 aromatic rings. The number of hydrogen-bond donors (Lipinski definition) is 0. The Morgan fingerprint density at radius 3 is 2.38 bits per heavy atom. The molecule has 0 saturated carbocycles. The van der Waals surface area contributed by atoms with Crippen LogP contribution in [0.5, 0.6) is 5.75 Å². The van der Waals surface area contributed by atoms with Crippen molar-refractivity contribution >= 4 is 21.6 Å². The number of hydrogen-bond acceptors (Lipinski definition) is 6. The number of carbonyl (C=O) groups is 1. The zero-order chi connectivity index (χ0) is 17.3. The molecule has 0 N–H and O–H groups in total. The van der Waals surface area contributed by atoms with E-state index in [1.54, 1.807) is 12.1 Å². The fourth-order valence-corrected chi connectivity index (χ4v) is 3.92. The Balaban J connectivity index is 1.67. The van der Waals surface area contributed by atoms with E-state index in [2.05, 4.69) is 0 Å². The Bertz CT molecular complexity index is 908. The Morgan fingerprint density at radius 1 is 1.08 bits per heavy atom. The Morgan fingerprint density at radius 2 is 1.75 bits per heavy atom. The number of amides is 1. The van der Waals surface area contributed by atoms with Gasteiger partial charge in [0.25, 0.3) is 21.6 Å². The highest BCUT2D eigenvalue weighted by Gasteiger charge is 2.40. The van der Waals surface area contributed by atoms with Gasteiger partial charge >= 0.3 is 0 Å². The van der Waals surface area contributed by atoms with E-state index in [1.807, 2.05) is 0 Å². The van der Waals surface area contributed by atoms with Crippen molar-refractivity contribution in [1.29, 1.82) is 0 Å². The van der Waals surface area contributed by atoms with E-state index in [-0.39, 0.29) is 29.3 Å². The molecule has 1 heterocycles. The Hall–Kier alpha value is -2.94. The van der Waals surface area contributed by atoms with Crippen LogP contribution in [-0.4, -0.2) is 36.7 Å². The minimum absolute atomic E-state index is 0.00895. The number of rotatable bonds is 5. The van der Waals surface area contributed by atoms with Crippen LogP contribution in [0.2, 0.25) is 0 Å². The second kappa shape index (κ2) is 5.93.